The van der Waals surface area contributed by atoms with E-state index in [1.165, 1.54) is 17.2 Å². The van der Waals surface area contributed by atoms with E-state index in [0.717, 1.165) is 41.9 Å². The number of thioether (sulfide) groups is 1. The Balaban J connectivity index is 1.36. The molecule has 0 unspecified atom stereocenters. The Bertz CT molecular complexity index is 790. The lowest BCUT2D eigenvalue weighted by molar-refractivity contribution is 0.443. The molecular weight excluding hydrogens is 328 g/mol. The van der Waals surface area contributed by atoms with Gasteiger partial charge >= 0.3 is 0 Å². The van der Waals surface area contributed by atoms with Crippen LogP contribution < -0.4 is 4.90 Å². The van der Waals surface area contributed by atoms with Crippen molar-refractivity contribution in [1.82, 2.24) is 24.6 Å². The maximum absolute atomic E-state index is 4.53. The number of hydrogen-bond donors (Lipinski definition) is 0. The van der Waals surface area contributed by atoms with E-state index in [4.69, 9.17) is 0 Å². The number of fused-ring (bicyclic) bond motifs is 1. The van der Waals surface area contributed by atoms with Crippen molar-refractivity contribution in [2.75, 3.05) is 23.7 Å². The number of rotatable bonds is 4. The molecular formula is C15H18N6S2. The van der Waals surface area contributed by atoms with Gasteiger partial charge in [0.15, 0.2) is 5.82 Å². The predicted octanol–water partition coefficient (Wildman–Crippen LogP) is 2.90. The zero-order valence-corrected chi connectivity index (χ0v) is 14.6. The molecule has 1 fully saturated rings. The fourth-order valence-electron chi connectivity index (χ4n) is 2.87. The average molecular weight is 346 g/mol. The maximum atomic E-state index is 4.53. The number of anilines is 1. The molecule has 0 aliphatic carbocycles. The molecule has 0 amide bonds. The Morgan fingerprint density at radius 1 is 1.35 bits per heavy atom. The SMILES string of the molecule is Cc1csc(SCC2CCN(c3nccn4cnnc34)CC2)n1. The molecule has 3 aromatic heterocycles. The maximum Gasteiger partial charge on any atom is 0.203 e. The summed E-state index contributed by atoms with van der Waals surface area (Å²) in [6, 6.07) is 0. The Morgan fingerprint density at radius 2 is 2.22 bits per heavy atom. The lowest BCUT2D eigenvalue weighted by Crippen LogP contribution is -2.35. The van der Waals surface area contributed by atoms with Gasteiger partial charge in [-0.05, 0) is 25.7 Å². The van der Waals surface area contributed by atoms with E-state index >= 15 is 0 Å². The first-order valence-corrected chi connectivity index (χ1v) is 9.60. The van der Waals surface area contributed by atoms with E-state index in [1.807, 2.05) is 28.6 Å². The van der Waals surface area contributed by atoms with Crippen molar-refractivity contribution in [2.45, 2.75) is 24.1 Å². The lowest BCUT2D eigenvalue weighted by Gasteiger charge is -2.32. The fourth-order valence-corrected chi connectivity index (χ4v) is 4.93. The smallest absolute Gasteiger partial charge is 0.203 e. The second-order valence-corrected chi connectivity index (χ2v) is 7.93. The monoisotopic (exact) mass is 346 g/mol. The largest absolute Gasteiger partial charge is 0.353 e. The molecule has 4 rings (SSSR count). The summed E-state index contributed by atoms with van der Waals surface area (Å²) in [5.74, 6) is 2.85. The molecule has 0 aromatic carbocycles. The Hall–Kier alpha value is -1.67. The van der Waals surface area contributed by atoms with Gasteiger partial charge in [-0.15, -0.1) is 21.5 Å². The number of nitrogens with zero attached hydrogens (tertiary/aromatic N) is 6. The first-order valence-electron chi connectivity index (χ1n) is 7.74. The quantitative estimate of drug-likeness (QED) is 0.677. The molecule has 0 bridgehead atoms. The van der Waals surface area contributed by atoms with Crippen LogP contribution in [0.5, 0.6) is 0 Å². The Morgan fingerprint density at radius 3 is 3.00 bits per heavy atom. The van der Waals surface area contributed by atoms with Crippen LogP contribution in [-0.4, -0.2) is 43.4 Å². The summed E-state index contributed by atoms with van der Waals surface area (Å²) in [5.41, 5.74) is 1.97. The Labute approximate surface area is 143 Å². The third-order valence-corrected chi connectivity index (χ3v) is 6.52. The number of aryl methyl sites for hydroxylation is 1. The summed E-state index contributed by atoms with van der Waals surface area (Å²) in [7, 11) is 0. The number of piperidine rings is 1. The third-order valence-electron chi connectivity index (χ3n) is 4.15. The van der Waals surface area contributed by atoms with Crippen LogP contribution in [0.1, 0.15) is 18.5 Å². The standard InChI is InChI=1S/C15H18N6S2/c1-11-8-22-15(18-11)23-9-12-2-5-20(6-3-12)13-14-19-17-10-21(14)7-4-16-13/h4,7-8,10,12H,2-3,5-6,9H2,1H3. The van der Waals surface area contributed by atoms with Crippen molar-refractivity contribution >= 4 is 34.6 Å². The van der Waals surface area contributed by atoms with Gasteiger partial charge in [0.05, 0.1) is 0 Å². The average Bonchev–Trinajstić information content (AvgIpc) is 3.22. The van der Waals surface area contributed by atoms with Gasteiger partial charge in [0, 0.05) is 42.3 Å². The zero-order valence-electron chi connectivity index (χ0n) is 12.9. The van der Waals surface area contributed by atoms with Crippen LogP contribution in [0.2, 0.25) is 0 Å². The van der Waals surface area contributed by atoms with Crippen molar-refractivity contribution in [1.29, 1.82) is 0 Å². The lowest BCUT2D eigenvalue weighted by atomic mass is 9.99. The van der Waals surface area contributed by atoms with E-state index in [9.17, 15) is 0 Å². The molecule has 0 N–H and O–H groups in total. The van der Waals surface area contributed by atoms with Crippen LogP contribution in [0.25, 0.3) is 5.65 Å². The molecule has 6 nitrogen and oxygen atoms in total. The predicted molar refractivity (Wildman–Crippen MR) is 93.3 cm³/mol. The first kappa shape index (κ1) is 14.9. The summed E-state index contributed by atoms with van der Waals surface area (Å²) in [4.78, 5) is 11.4. The van der Waals surface area contributed by atoms with E-state index in [1.54, 1.807) is 17.7 Å². The van der Waals surface area contributed by atoms with E-state index < -0.39 is 0 Å². The molecule has 1 aliphatic rings. The zero-order chi connectivity index (χ0) is 15.6. The summed E-state index contributed by atoms with van der Waals surface area (Å²) < 4.78 is 3.12. The minimum absolute atomic E-state index is 0.748. The molecule has 23 heavy (non-hydrogen) atoms. The number of hydrogen-bond acceptors (Lipinski definition) is 7. The molecule has 3 aromatic rings. The highest BCUT2D eigenvalue weighted by molar-refractivity contribution is 8.01. The van der Waals surface area contributed by atoms with Crippen molar-refractivity contribution in [3.05, 3.63) is 29.8 Å². The van der Waals surface area contributed by atoms with Gasteiger partial charge in [-0.1, -0.05) is 11.8 Å². The van der Waals surface area contributed by atoms with Gasteiger partial charge in [0.1, 0.15) is 10.7 Å². The van der Waals surface area contributed by atoms with E-state index in [2.05, 4.69) is 37.4 Å². The summed E-state index contributed by atoms with van der Waals surface area (Å²) in [5, 5.41) is 10.3. The second kappa shape index (κ2) is 6.45. The van der Waals surface area contributed by atoms with Gasteiger partial charge in [-0.25, -0.2) is 9.97 Å². The number of aromatic nitrogens is 5. The summed E-state index contributed by atoms with van der Waals surface area (Å²) in [6.07, 6.45) is 7.80. The molecule has 0 atom stereocenters. The van der Waals surface area contributed by atoms with Gasteiger partial charge < -0.3 is 4.90 Å². The Kier molecular flexibility index (Phi) is 4.17. The van der Waals surface area contributed by atoms with Crippen LogP contribution in [0.4, 0.5) is 5.82 Å². The number of thiazole rings is 1. The van der Waals surface area contributed by atoms with Crippen LogP contribution >= 0.6 is 23.1 Å². The van der Waals surface area contributed by atoms with Crippen molar-refractivity contribution < 1.29 is 0 Å². The highest BCUT2D eigenvalue weighted by Gasteiger charge is 2.22. The highest BCUT2D eigenvalue weighted by Crippen LogP contribution is 2.30. The van der Waals surface area contributed by atoms with Gasteiger partial charge in [0.25, 0.3) is 0 Å². The van der Waals surface area contributed by atoms with Crippen LogP contribution in [-0.2, 0) is 0 Å². The molecule has 1 saturated heterocycles. The van der Waals surface area contributed by atoms with Gasteiger partial charge in [-0.3, -0.25) is 4.40 Å². The molecule has 0 spiro atoms. The molecule has 1 aliphatic heterocycles. The highest BCUT2D eigenvalue weighted by atomic mass is 32.2. The van der Waals surface area contributed by atoms with E-state index in [0.29, 0.717) is 0 Å². The summed E-state index contributed by atoms with van der Waals surface area (Å²) in [6.45, 7) is 4.11. The van der Waals surface area contributed by atoms with Crippen LogP contribution in [0.3, 0.4) is 0 Å². The van der Waals surface area contributed by atoms with Crippen molar-refractivity contribution in [2.24, 2.45) is 5.92 Å². The van der Waals surface area contributed by atoms with Crippen LogP contribution in [0.15, 0.2) is 28.4 Å². The minimum atomic E-state index is 0.748. The van der Waals surface area contributed by atoms with Gasteiger partial charge in [0.2, 0.25) is 5.65 Å². The molecule has 8 heteroatoms. The normalized spacial score (nSPS) is 16.3. The fraction of sp³-hybridized carbons (Fsp3) is 0.467. The molecule has 4 heterocycles. The molecule has 0 radical (unpaired) electrons. The third kappa shape index (κ3) is 3.18. The van der Waals surface area contributed by atoms with Crippen LogP contribution in [0, 0.1) is 12.8 Å². The topological polar surface area (TPSA) is 59.2 Å². The van der Waals surface area contributed by atoms with Gasteiger partial charge in [-0.2, -0.15) is 0 Å². The first-order chi connectivity index (χ1) is 11.3. The van der Waals surface area contributed by atoms with Crippen molar-refractivity contribution in [3.8, 4) is 0 Å². The second-order valence-electron chi connectivity index (χ2n) is 5.81. The molecule has 0 saturated carbocycles. The minimum Gasteiger partial charge on any atom is -0.353 e. The van der Waals surface area contributed by atoms with Crippen molar-refractivity contribution in [3.63, 3.8) is 0 Å². The molecule has 120 valence electrons. The van der Waals surface area contributed by atoms with E-state index in [-0.39, 0.29) is 0 Å². The summed E-state index contributed by atoms with van der Waals surface area (Å²) >= 11 is 3.65.